The average Bonchev–Trinajstić information content (AvgIpc) is 2.63. The Morgan fingerprint density at radius 1 is 1.24 bits per heavy atom. The van der Waals surface area contributed by atoms with Gasteiger partial charge in [0, 0.05) is 17.8 Å². The molecule has 1 saturated heterocycles. The second-order valence-corrected chi connectivity index (χ2v) is 6.38. The summed E-state index contributed by atoms with van der Waals surface area (Å²) in [5.41, 5.74) is 2.59. The fraction of sp³-hybridized carbons (Fsp3) is 0.316. The van der Waals surface area contributed by atoms with Crippen LogP contribution in [0.1, 0.15) is 34.7 Å². The summed E-state index contributed by atoms with van der Waals surface area (Å²) in [5, 5.41) is 6.74. The Morgan fingerprint density at radius 3 is 2.60 bits per heavy atom. The van der Waals surface area contributed by atoms with E-state index < -0.39 is 0 Å². The van der Waals surface area contributed by atoms with Gasteiger partial charge in [0.25, 0.3) is 5.91 Å². The van der Waals surface area contributed by atoms with Gasteiger partial charge in [0.05, 0.1) is 12.1 Å². The first-order valence-electron chi connectivity index (χ1n) is 8.13. The van der Waals surface area contributed by atoms with Crippen molar-refractivity contribution in [3.05, 3.63) is 58.6 Å². The minimum Gasteiger partial charge on any atom is -0.495 e. The fourth-order valence-electron chi connectivity index (χ4n) is 2.99. The molecule has 3 rings (SSSR count). The van der Waals surface area contributed by atoms with Gasteiger partial charge in [-0.05, 0) is 61.2 Å². The van der Waals surface area contributed by atoms with Crippen LogP contribution in [0.2, 0.25) is 5.02 Å². The van der Waals surface area contributed by atoms with Crippen LogP contribution in [0, 0.1) is 0 Å². The predicted octanol–water partition coefficient (Wildman–Crippen LogP) is 4.49. The van der Waals surface area contributed by atoms with Gasteiger partial charge in [-0.2, -0.15) is 0 Å². The zero-order valence-electron chi connectivity index (χ0n) is 14.0. The fourth-order valence-corrected chi connectivity index (χ4v) is 3.24. The lowest BCUT2D eigenvalue weighted by molar-refractivity contribution is 0.102. The van der Waals surface area contributed by atoms with Crippen molar-refractivity contribution >= 4 is 35.6 Å². The third-order valence-corrected chi connectivity index (χ3v) is 4.65. The molecule has 0 aromatic heterocycles. The second-order valence-electron chi connectivity index (χ2n) is 5.97. The summed E-state index contributed by atoms with van der Waals surface area (Å²) < 4.78 is 5.10. The van der Waals surface area contributed by atoms with Gasteiger partial charge in [-0.15, -0.1) is 12.4 Å². The smallest absolute Gasteiger partial charge is 0.255 e. The van der Waals surface area contributed by atoms with E-state index in [-0.39, 0.29) is 18.3 Å². The maximum absolute atomic E-state index is 12.3. The van der Waals surface area contributed by atoms with Gasteiger partial charge in [-0.1, -0.05) is 23.7 Å². The number of halogens is 2. The zero-order chi connectivity index (χ0) is 16.9. The number of anilines is 1. The quantitative estimate of drug-likeness (QED) is 0.821. The number of hydrogen-bond acceptors (Lipinski definition) is 3. The third-order valence-electron chi connectivity index (χ3n) is 4.35. The Bertz CT molecular complexity index is 714. The number of methoxy groups -OCH3 is 1. The largest absolute Gasteiger partial charge is 0.495 e. The molecule has 1 heterocycles. The lowest BCUT2D eigenvalue weighted by Crippen LogP contribution is -2.28. The van der Waals surface area contributed by atoms with E-state index >= 15 is 0 Å². The molecule has 2 aromatic rings. The zero-order valence-corrected chi connectivity index (χ0v) is 15.6. The summed E-state index contributed by atoms with van der Waals surface area (Å²) in [6.07, 6.45) is 2.42. The Balaban J connectivity index is 0.00000225. The number of benzene rings is 2. The van der Waals surface area contributed by atoms with E-state index in [1.807, 2.05) is 12.1 Å². The summed E-state index contributed by atoms with van der Waals surface area (Å²) in [6.45, 7) is 2.13. The van der Waals surface area contributed by atoms with Crippen molar-refractivity contribution in [1.82, 2.24) is 5.32 Å². The molecule has 1 aliphatic rings. The number of ether oxygens (including phenoxy) is 1. The number of nitrogens with one attached hydrogen (secondary N) is 2. The topological polar surface area (TPSA) is 50.4 Å². The molecule has 0 aliphatic carbocycles. The van der Waals surface area contributed by atoms with Crippen molar-refractivity contribution in [2.75, 3.05) is 25.5 Å². The van der Waals surface area contributed by atoms with Crippen molar-refractivity contribution in [2.45, 2.75) is 18.8 Å². The third kappa shape index (κ3) is 4.88. The molecule has 6 heteroatoms. The molecular weight excluding hydrogens is 359 g/mol. The van der Waals surface area contributed by atoms with Gasteiger partial charge in [-0.3, -0.25) is 4.79 Å². The van der Waals surface area contributed by atoms with E-state index in [4.69, 9.17) is 16.3 Å². The number of carbonyl (C=O) groups excluding carboxylic acids is 1. The highest BCUT2D eigenvalue weighted by atomic mass is 35.5. The van der Waals surface area contributed by atoms with Crippen LogP contribution in [0.4, 0.5) is 5.69 Å². The van der Waals surface area contributed by atoms with Crippen molar-refractivity contribution in [3.8, 4) is 5.75 Å². The van der Waals surface area contributed by atoms with Gasteiger partial charge in [0.2, 0.25) is 0 Å². The molecule has 4 nitrogen and oxygen atoms in total. The van der Waals surface area contributed by atoms with Gasteiger partial charge in [-0.25, -0.2) is 0 Å². The van der Waals surface area contributed by atoms with Crippen molar-refractivity contribution in [3.63, 3.8) is 0 Å². The molecule has 0 unspecified atom stereocenters. The highest BCUT2D eigenvalue weighted by Gasteiger charge is 2.15. The normalized spacial score (nSPS) is 16.6. The molecular formula is C19H22Cl2N2O2. The molecule has 0 radical (unpaired) electrons. The maximum atomic E-state index is 12.3. The Kier molecular flexibility index (Phi) is 7.12. The number of piperidine rings is 1. The van der Waals surface area contributed by atoms with E-state index in [0.717, 1.165) is 18.8 Å². The van der Waals surface area contributed by atoms with Crippen LogP contribution in [0.3, 0.4) is 0 Å². The van der Waals surface area contributed by atoms with Crippen LogP contribution in [0.5, 0.6) is 5.75 Å². The molecule has 0 spiro atoms. The Morgan fingerprint density at radius 2 is 2.00 bits per heavy atom. The van der Waals surface area contributed by atoms with Crippen LogP contribution in [-0.2, 0) is 0 Å². The van der Waals surface area contributed by atoms with E-state index in [1.54, 1.807) is 25.3 Å². The monoisotopic (exact) mass is 380 g/mol. The van der Waals surface area contributed by atoms with Crippen LogP contribution >= 0.6 is 24.0 Å². The van der Waals surface area contributed by atoms with Crippen molar-refractivity contribution in [1.29, 1.82) is 0 Å². The molecule has 134 valence electrons. The molecule has 25 heavy (non-hydrogen) atoms. The molecule has 2 aromatic carbocycles. The lowest BCUT2D eigenvalue weighted by atomic mass is 9.91. The average molecular weight is 381 g/mol. The molecule has 1 aliphatic heterocycles. The Labute approximate surface area is 159 Å². The standard InChI is InChI=1S/C19H21ClN2O2.ClH/c1-24-18-9-6-14(11-17(18)20)19(23)22-16-7-4-13(5-8-16)15-3-2-10-21-12-15;/h4-9,11,15,21H,2-3,10,12H2,1H3,(H,22,23);1H/t15-;/m1./s1. The van der Waals surface area contributed by atoms with E-state index in [9.17, 15) is 4.79 Å². The van der Waals surface area contributed by atoms with E-state index in [0.29, 0.717) is 22.3 Å². The molecule has 1 atom stereocenters. The summed E-state index contributed by atoms with van der Waals surface area (Å²) in [5.74, 6) is 0.925. The highest BCUT2D eigenvalue weighted by Crippen LogP contribution is 2.26. The molecule has 0 saturated carbocycles. The van der Waals surface area contributed by atoms with Gasteiger partial charge >= 0.3 is 0 Å². The molecule has 2 N–H and O–H groups in total. The highest BCUT2D eigenvalue weighted by molar-refractivity contribution is 6.32. The van der Waals surface area contributed by atoms with Crippen LogP contribution < -0.4 is 15.4 Å². The molecule has 1 amide bonds. The van der Waals surface area contributed by atoms with Crippen molar-refractivity contribution < 1.29 is 9.53 Å². The van der Waals surface area contributed by atoms with Crippen LogP contribution in [0.25, 0.3) is 0 Å². The van der Waals surface area contributed by atoms with Gasteiger partial charge < -0.3 is 15.4 Å². The van der Waals surface area contributed by atoms with E-state index in [2.05, 4.69) is 22.8 Å². The van der Waals surface area contributed by atoms with E-state index in [1.165, 1.54) is 18.4 Å². The Hall–Kier alpha value is -1.75. The number of rotatable bonds is 4. The summed E-state index contributed by atoms with van der Waals surface area (Å²) >= 11 is 6.07. The van der Waals surface area contributed by atoms with Crippen LogP contribution in [0.15, 0.2) is 42.5 Å². The number of hydrogen-bond donors (Lipinski definition) is 2. The summed E-state index contributed by atoms with van der Waals surface area (Å²) in [7, 11) is 1.55. The first-order chi connectivity index (χ1) is 11.7. The van der Waals surface area contributed by atoms with Crippen LogP contribution in [-0.4, -0.2) is 26.1 Å². The minimum absolute atomic E-state index is 0. The lowest BCUT2D eigenvalue weighted by Gasteiger charge is -2.23. The second kappa shape index (κ2) is 9.09. The number of carbonyl (C=O) groups is 1. The van der Waals surface area contributed by atoms with Gasteiger partial charge in [0.1, 0.15) is 5.75 Å². The van der Waals surface area contributed by atoms with Gasteiger partial charge in [0.15, 0.2) is 0 Å². The SMILES string of the molecule is COc1ccc(C(=O)Nc2ccc([C@@H]3CCCNC3)cc2)cc1Cl.Cl. The number of amides is 1. The summed E-state index contributed by atoms with van der Waals surface area (Å²) in [6, 6.07) is 13.1. The molecule has 0 bridgehead atoms. The molecule has 1 fully saturated rings. The first-order valence-corrected chi connectivity index (χ1v) is 8.51. The minimum atomic E-state index is -0.188. The predicted molar refractivity (Wildman–Crippen MR) is 104 cm³/mol. The van der Waals surface area contributed by atoms with Crippen molar-refractivity contribution in [2.24, 2.45) is 0 Å². The first kappa shape index (κ1) is 19.6. The maximum Gasteiger partial charge on any atom is 0.255 e. The summed E-state index contributed by atoms with van der Waals surface area (Å²) in [4.78, 5) is 12.3.